The maximum atomic E-state index is 13.9. The molecule has 0 aromatic carbocycles. The fourth-order valence-electron chi connectivity index (χ4n) is 4.90. The Kier molecular flexibility index (Phi) is 9.76. The van der Waals surface area contributed by atoms with Crippen LogP contribution in [0.15, 0.2) is 0 Å². The first-order valence-electron chi connectivity index (χ1n) is 13.4. The number of amides is 5. The lowest BCUT2D eigenvalue weighted by molar-refractivity contribution is -0.143. The molecule has 2 aliphatic rings. The zero-order chi connectivity index (χ0) is 28.3. The Labute approximate surface area is 221 Å². The van der Waals surface area contributed by atoms with Gasteiger partial charge in [0.05, 0.1) is 6.04 Å². The molecule has 2 rings (SSSR count). The SMILES string of the molecule is CC(C)[C@@H]1C[C@@H](C(=O)N[C@H](CC2CCC2)C(=O)C(N)=O)N(C(=O)[C@@H](NC(=O)NC(C)(C)C)C(C)(C)C)C1. The van der Waals surface area contributed by atoms with Crippen LogP contribution in [0.25, 0.3) is 0 Å². The first kappa shape index (κ1) is 30.6. The van der Waals surface area contributed by atoms with Gasteiger partial charge in [-0.05, 0) is 56.8 Å². The van der Waals surface area contributed by atoms with Crippen LogP contribution >= 0.6 is 0 Å². The minimum atomic E-state index is -1.08. The minimum Gasteiger partial charge on any atom is -0.363 e. The molecule has 0 aromatic heterocycles. The van der Waals surface area contributed by atoms with Crippen LogP contribution in [0.1, 0.15) is 87.5 Å². The van der Waals surface area contributed by atoms with Gasteiger partial charge in [0.25, 0.3) is 5.91 Å². The van der Waals surface area contributed by atoms with Crippen LogP contribution in [-0.2, 0) is 19.2 Å². The van der Waals surface area contributed by atoms with Crippen molar-refractivity contribution in [3.8, 4) is 0 Å². The van der Waals surface area contributed by atoms with Crippen molar-refractivity contribution in [1.29, 1.82) is 0 Å². The molecule has 1 aliphatic heterocycles. The van der Waals surface area contributed by atoms with E-state index in [2.05, 4.69) is 16.0 Å². The maximum absolute atomic E-state index is 13.9. The molecule has 0 unspecified atom stereocenters. The molecule has 10 heteroatoms. The molecule has 1 heterocycles. The van der Waals surface area contributed by atoms with Crippen molar-refractivity contribution < 1.29 is 24.0 Å². The average molecular weight is 522 g/mol. The Bertz CT molecular complexity index is 885. The summed E-state index contributed by atoms with van der Waals surface area (Å²) in [4.78, 5) is 65.8. The minimum absolute atomic E-state index is 0.0700. The van der Waals surface area contributed by atoms with Crippen molar-refractivity contribution >= 4 is 29.5 Å². The zero-order valence-corrected chi connectivity index (χ0v) is 23.8. The number of carbonyl (C=O) groups is 5. The van der Waals surface area contributed by atoms with Gasteiger partial charge in [0.1, 0.15) is 12.1 Å². The van der Waals surface area contributed by atoms with E-state index < -0.39 is 52.7 Å². The van der Waals surface area contributed by atoms with E-state index in [0.29, 0.717) is 19.4 Å². The molecular formula is C27H47N5O5. The van der Waals surface area contributed by atoms with Crippen molar-refractivity contribution in [1.82, 2.24) is 20.9 Å². The Morgan fingerprint density at radius 3 is 2.00 bits per heavy atom. The van der Waals surface area contributed by atoms with Gasteiger partial charge in [0.15, 0.2) is 0 Å². The van der Waals surface area contributed by atoms with Gasteiger partial charge in [-0.25, -0.2) is 4.79 Å². The monoisotopic (exact) mass is 521 g/mol. The highest BCUT2D eigenvalue weighted by molar-refractivity contribution is 6.37. The number of ketones is 1. The van der Waals surface area contributed by atoms with Gasteiger partial charge in [-0.1, -0.05) is 53.9 Å². The highest BCUT2D eigenvalue weighted by atomic mass is 16.2. The van der Waals surface area contributed by atoms with Gasteiger partial charge in [-0.15, -0.1) is 0 Å². The molecule has 0 spiro atoms. The molecule has 1 aliphatic carbocycles. The molecule has 210 valence electrons. The van der Waals surface area contributed by atoms with Gasteiger partial charge < -0.3 is 26.6 Å². The van der Waals surface area contributed by atoms with E-state index in [1.807, 2.05) is 55.4 Å². The summed E-state index contributed by atoms with van der Waals surface area (Å²) in [5.41, 5.74) is 4.15. The number of Topliss-reactive ketones (excluding diaryl/α,β-unsaturated/α-hetero) is 1. The molecule has 1 saturated carbocycles. The molecule has 1 saturated heterocycles. The predicted octanol–water partition coefficient (Wildman–Crippen LogP) is 2.10. The third kappa shape index (κ3) is 8.43. The molecule has 4 atom stereocenters. The molecule has 0 bridgehead atoms. The van der Waals surface area contributed by atoms with Crippen LogP contribution in [0.5, 0.6) is 0 Å². The van der Waals surface area contributed by atoms with Gasteiger partial charge in [-0.3, -0.25) is 19.2 Å². The number of nitrogens with two attached hydrogens (primary N) is 1. The summed E-state index contributed by atoms with van der Waals surface area (Å²) >= 11 is 0. The maximum Gasteiger partial charge on any atom is 0.315 e. The molecular weight excluding hydrogens is 474 g/mol. The standard InChI is InChI=1S/C27H47N5O5/c1-15(2)17-13-19(23(35)29-18(20(33)22(28)34)12-16-10-9-11-16)32(14-17)24(36)21(26(3,4)5)30-25(37)31-27(6,7)8/h15-19,21H,9-14H2,1-8H3,(H2,28,34)(H,29,35)(H2,30,31,37)/t17-,18-,19+,21-/m1/s1. The van der Waals surface area contributed by atoms with Crippen molar-refractivity contribution in [2.75, 3.05) is 6.54 Å². The van der Waals surface area contributed by atoms with E-state index in [0.717, 1.165) is 19.3 Å². The number of carbonyl (C=O) groups excluding carboxylic acids is 5. The summed E-state index contributed by atoms with van der Waals surface area (Å²) in [6.45, 7) is 15.6. The Balaban J connectivity index is 2.29. The third-order valence-electron chi connectivity index (χ3n) is 7.41. The number of hydrogen-bond acceptors (Lipinski definition) is 5. The summed E-state index contributed by atoms with van der Waals surface area (Å²) in [6, 6.07) is -3.16. The first-order valence-corrected chi connectivity index (χ1v) is 13.4. The van der Waals surface area contributed by atoms with Gasteiger partial charge in [0, 0.05) is 12.1 Å². The summed E-state index contributed by atoms with van der Waals surface area (Å²) in [7, 11) is 0. The Morgan fingerprint density at radius 2 is 1.57 bits per heavy atom. The number of rotatable bonds is 9. The normalized spacial score (nSPS) is 22.1. The number of nitrogens with one attached hydrogen (secondary N) is 3. The summed E-state index contributed by atoms with van der Waals surface area (Å²) in [6.07, 6.45) is 3.73. The van der Waals surface area contributed by atoms with Gasteiger partial charge in [-0.2, -0.15) is 0 Å². The Hall–Kier alpha value is -2.65. The van der Waals surface area contributed by atoms with Crippen molar-refractivity contribution in [3.05, 3.63) is 0 Å². The van der Waals surface area contributed by atoms with Crippen LogP contribution in [0.4, 0.5) is 4.79 Å². The lowest BCUT2D eigenvalue weighted by Gasteiger charge is -2.36. The second-order valence-electron chi connectivity index (χ2n) is 13.2. The molecule has 0 aromatic rings. The fourth-order valence-corrected chi connectivity index (χ4v) is 4.90. The van der Waals surface area contributed by atoms with Gasteiger partial charge in [0.2, 0.25) is 17.6 Å². The molecule has 0 radical (unpaired) electrons. The highest BCUT2D eigenvalue weighted by Gasteiger charge is 2.46. The van der Waals surface area contributed by atoms with E-state index in [1.165, 1.54) is 4.90 Å². The molecule has 2 fully saturated rings. The van der Waals surface area contributed by atoms with Gasteiger partial charge >= 0.3 is 6.03 Å². The third-order valence-corrected chi connectivity index (χ3v) is 7.41. The lowest BCUT2D eigenvalue weighted by Crippen LogP contribution is -2.61. The first-order chi connectivity index (χ1) is 16.9. The van der Waals surface area contributed by atoms with E-state index in [4.69, 9.17) is 5.73 Å². The van der Waals surface area contributed by atoms with Crippen LogP contribution in [0.3, 0.4) is 0 Å². The van der Waals surface area contributed by atoms with E-state index in [9.17, 15) is 24.0 Å². The molecule has 5 amide bonds. The molecule has 5 N–H and O–H groups in total. The zero-order valence-electron chi connectivity index (χ0n) is 23.8. The topological polar surface area (TPSA) is 151 Å². The van der Waals surface area contributed by atoms with Crippen molar-refractivity contribution in [2.24, 2.45) is 28.9 Å². The van der Waals surface area contributed by atoms with E-state index in [1.54, 1.807) is 0 Å². The lowest BCUT2D eigenvalue weighted by atomic mass is 9.80. The van der Waals surface area contributed by atoms with Crippen molar-refractivity contribution in [3.63, 3.8) is 0 Å². The summed E-state index contributed by atoms with van der Waals surface area (Å²) in [5.74, 6) is -2.17. The largest absolute Gasteiger partial charge is 0.363 e. The van der Waals surface area contributed by atoms with Crippen LogP contribution in [0.2, 0.25) is 0 Å². The number of primary amides is 1. The predicted molar refractivity (Wildman–Crippen MR) is 141 cm³/mol. The quantitative estimate of drug-likeness (QED) is 0.343. The molecule has 10 nitrogen and oxygen atoms in total. The summed E-state index contributed by atoms with van der Waals surface area (Å²) in [5, 5.41) is 8.40. The number of hydrogen-bond donors (Lipinski definition) is 4. The van der Waals surface area contributed by atoms with E-state index >= 15 is 0 Å². The fraction of sp³-hybridized carbons (Fsp3) is 0.815. The van der Waals surface area contributed by atoms with E-state index in [-0.39, 0.29) is 23.7 Å². The van der Waals surface area contributed by atoms with Crippen LogP contribution in [-0.4, -0.2) is 64.6 Å². The second kappa shape index (κ2) is 11.8. The smallest absolute Gasteiger partial charge is 0.315 e. The second-order valence-corrected chi connectivity index (χ2v) is 13.2. The Morgan fingerprint density at radius 1 is 0.973 bits per heavy atom. The summed E-state index contributed by atoms with van der Waals surface area (Å²) < 4.78 is 0. The number of likely N-dealkylation sites (tertiary alicyclic amines) is 1. The molecule has 37 heavy (non-hydrogen) atoms. The van der Waals surface area contributed by atoms with Crippen LogP contribution in [0, 0.1) is 23.2 Å². The highest BCUT2D eigenvalue weighted by Crippen LogP contribution is 2.33. The average Bonchev–Trinajstić information content (AvgIpc) is 3.16. The number of urea groups is 1. The van der Waals surface area contributed by atoms with Crippen LogP contribution < -0.4 is 21.7 Å². The van der Waals surface area contributed by atoms with Crippen molar-refractivity contribution in [2.45, 2.75) is 111 Å². The number of nitrogens with zero attached hydrogens (tertiary/aromatic N) is 1.